The summed E-state index contributed by atoms with van der Waals surface area (Å²) in [6.07, 6.45) is 0.878. The van der Waals surface area contributed by atoms with Crippen molar-refractivity contribution in [2.75, 3.05) is 23.7 Å². The van der Waals surface area contributed by atoms with E-state index < -0.39 is 0 Å². The monoisotopic (exact) mass is 413 g/mol. The first-order valence-electron chi connectivity index (χ1n) is 7.97. The van der Waals surface area contributed by atoms with Crippen molar-refractivity contribution >= 4 is 58.0 Å². The zero-order valence-electron chi connectivity index (χ0n) is 14.0. The van der Waals surface area contributed by atoms with Gasteiger partial charge in [0.25, 0.3) is 5.91 Å². The van der Waals surface area contributed by atoms with Gasteiger partial charge in [0.1, 0.15) is 0 Å². The minimum Gasteiger partial charge on any atom is -0.376 e. The fourth-order valence-corrected chi connectivity index (χ4v) is 2.67. The van der Waals surface area contributed by atoms with Crippen LogP contribution in [0.25, 0.3) is 0 Å². The third-order valence-electron chi connectivity index (χ3n) is 3.42. The molecular formula is C18H18Cl3N3O2. The molecule has 0 aliphatic heterocycles. The van der Waals surface area contributed by atoms with Crippen LogP contribution in [0.1, 0.15) is 23.7 Å². The quantitative estimate of drug-likeness (QED) is 0.568. The molecule has 2 aromatic rings. The molecule has 0 spiro atoms. The van der Waals surface area contributed by atoms with Crippen LogP contribution in [0.15, 0.2) is 36.4 Å². The second-order valence-corrected chi connectivity index (χ2v) is 6.70. The molecule has 0 aliphatic rings. The lowest BCUT2D eigenvalue weighted by Gasteiger charge is -2.10. The Morgan fingerprint density at radius 1 is 0.962 bits per heavy atom. The Bertz CT molecular complexity index is 795. The van der Waals surface area contributed by atoms with Gasteiger partial charge in [0.05, 0.1) is 27.3 Å². The summed E-state index contributed by atoms with van der Waals surface area (Å²) < 4.78 is 0. The topological polar surface area (TPSA) is 70.2 Å². The van der Waals surface area contributed by atoms with Gasteiger partial charge in [-0.3, -0.25) is 9.59 Å². The molecule has 0 saturated heterocycles. The first kappa shape index (κ1) is 20.4. The average molecular weight is 415 g/mol. The lowest BCUT2D eigenvalue weighted by molar-refractivity contribution is -0.114. The Labute approximate surface area is 167 Å². The van der Waals surface area contributed by atoms with Crippen LogP contribution in [0.4, 0.5) is 11.4 Å². The van der Waals surface area contributed by atoms with Crippen molar-refractivity contribution in [3.8, 4) is 0 Å². The van der Waals surface area contributed by atoms with Crippen LogP contribution in [-0.2, 0) is 4.79 Å². The molecule has 0 bridgehead atoms. The van der Waals surface area contributed by atoms with E-state index in [1.165, 1.54) is 12.1 Å². The summed E-state index contributed by atoms with van der Waals surface area (Å²) in [5, 5.41) is 9.36. The van der Waals surface area contributed by atoms with Gasteiger partial charge >= 0.3 is 0 Å². The molecule has 138 valence electrons. The van der Waals surface area contributed by atoms with Gasteiger partial charge in [0, 0.05) is 17.8 Å². The van der Waals surface area contributed by atoms with Crippen LogP contribution in [0.3, 0.4) is 0 Å². The van der Waals surface area contributed by atoms with E-state index in [1.54, 1.807) is 24.3 Å². The summed E-state index contributed by atoms with van der Waals surface area (Å²) in [4.78, 5) is 23.9. The number of carbonyl (C=O) groups excluding carboxylic acids is 2. The SMILES string of the molecule is CCCNC(=O)c1ccc(NCC(=O)Nc2cc(Cl)c(Cl)cc2Cl)cc1. The molecule has 2 aromatic carbocycles. The minimum atomic E-state index is -0.296. The number of hydrogen-bond donors (Lipinski definition) is 3. The van der Waals surface area contributed by atoms with Gasteiger partial charge in [-0.25, -0.2) is 0 Å². The standard InChI is InChI=1S/C18H18Cl3N3O2/c1-2-7-22-18(26)11-3-5-12(6-4-11)23-10-17(25)24-16-9-14(20)13(19)8-15(16)21/h3-6,8-9,23H,2,7,10H2,1H3,(H,22,26)(H,24,25). The highest BCUT2D eigenvalue weighted by molar-refractivity contribution is 6.44. The van der Waals surface area contributed by atoms with Crippen LogP contribution >= 0.6 is 34.8 Å². The van der Waals surface area contributed by atoms with Crippen molar-refractivity contribution in [3.05, 3.63) is 57.0 Å². The van der Waals surface area contributed by atoms with Crippen LogP contribution in [0.2, 0.25) is 15.1 Å². The Kier molecular flexibility index (Phi) is 7.57. The fourth-order valence-electron chi connectivity index (χ4n) is 2.08. The zero-order chi connectivity index (χ0) is 19.1. The molecule has 2 amide bonds. The maximum absolute atomic E-state index is 12.1. The first-order valence-corrected chi connectivity index (χ1v) is 9.10. The van der Waals surface area contributed by atoms with E-state index in [2.05, 4.69) is 16.0 Å². The number of anilines is 2. The molecule has 2 rings (SSSR count). The molecule has 0 fully saturated rings. The number of amides is 2. The van der Waals surface area contributed by atoms with E-state index in [1.807, 2.05) is 6.92 Å². The fraction of sp³-hybridized carbons (Fsp3) is 0.222. The molecule has 0 radical (unpaired) electrons. The maximum atomic E-state index is 12.1. The molecule has 0 saturated carbocycles. The Hall–Kier alpha value is -1.95. The average Bonchev–Trinajstić information content (AvgIpc) is 2.63. The summed E-state index contributed by atoms with van der Waals surface area (Å²) >= 11 is 17.8. The third kappa shape index (κ3) is 5.80. The summed E-state index contributed by atoms with van der Waals surface area (Å²) in [6, 6.07) is 9.83. The van der Waals surface area contributed by atoms with Crippen LogP contribution < -0.4 is 16.0 Å². The number of nitrogens with one attached hydrogen (secondary N) is 3. The van der Waals surface area contributed by atoms with E-state index in [0.29, 0.717) is 38.6 Å². The zero-order valence-corrected chi connectivity index (χ0v) is 16.3. The summed E-state index contributed by atoms with van der Waals surface area (Å²) in [6.45, 7) is 2.65. The van der Waals surface area contributed by atoms with Crippen molar-refractivity contribution in [2.45, 2.75) is 13.3 Å². The lowest BCUT2D eigenvalue weighted by Crippen LogP contribution is -2.24. The first-order chi connectivity index (χ1) is 12.4. The largest absolute Gasteiger partial charge is 0.376 e. The molecule has 0 atom stereocenters. The second kappa shape index (κ2) is 9.67. The lowest BCUT2D eigenvalue weighted by atomic mass is 10.2. The third-order valence-corrected chi connectivity index (χ3v) is 4.45. The van der Waals surface area contributed by atoms with Gasteiger partial charge in [-0.1, -0.05) is 41.7 Å². The Morgan fingerprint density at radius 3 is 2.27 bits per heavy atom. The molecule has 0 aliphatic carbocycles. The van der Waals surface area contributed by atoms with Crippen molar-refractivity contribution in [1.29, 1.82) is 0 Å². The van der Waals surface area contributed by atoms with Gasteiger partial charge in [-0.2, -0.15) is 0 Å². The van der Waals surface area contributed by atoms with E-state index in [0.717, 1.165) is 6.42 Å². The van der Waals surface area contributed by atoms with Crippen molar-refractivity contribution < 1.29 is 9.59 Å². The molecule has 26 heavy (non-hydrogen) atoms. The van der Waals surface area contributed by atoms with E-state index in [-0.39, 0.29) is 18.4 Å². The molecule has 3 N–H and O–H groups in total. The predicted octanol–water partition coefficient (Wildman–Crippen LogP) is 4.84. The van der Waals surface area contributed by atoms with Crippen LogP contribution in [0, 0.1) is 0 Å². The number of benzene rings is 2. The summed E-state index contributed by atoms with van der Waals surface area (Å²) in [7, 11) is 0. The second-order valence-electron chi connectivity index (χ2n) is 5.48. The van der Waals surface area contributed by atoms with E-state index in [4.69, 9.17) is 34.8 Å². The van der Waals surface area contributed by atoms with E-state index in [9.17, 15) is 9.59 Å². The van der Waals surface area contributed by atoms with Gasteiger partial charge in [-0.05, 0) is 42.8 Å². The highest BCUT2D eigenvalue weighted by atomic mass is 35.5. The minimum absolute atomic E-state index is 0.0257. The van der Waals surface area contributed by atoms with Gasteiger partial charge < -0.3 is 16.0 Å². The summed E-state index contributed by atoms with van der Waals surface area (Å²) in [5.41, 5.74) is 1.67. The number of halogens is 3. The van der Waals surface area contributed by atoms with Crippen LogP contribution in [0.5, 0.6) is 0 Å². The van der Waals surface area contributed by atoms with Crippen molar-refractivity contribution in [3.63, 3.8) is 0 Å². The van der Waals surface area contributed by atoms with Gasteiger partial charge in [0.2, 0.25) is 5.91 Å². The van der Waals surface area contributed by atoms with Crippen molar-refractivity contribution in [2.24, 2.45) is 0 Å². The Balaban J connectivity index is 1.89. The van der Waals surface area contributed by atoms with E-state index >= 15 is 0 Å². The Morgan fingerprint density at radius 2 is 1.62 bits per heavy atom. The molecule has 0 aromatic heterocycles. The van der Waals surface area contributed by atoms with Gasteiger partial charge in [0.15, 0.2) is 0 Å². The molecule has 0 heterocycles. The highest BCUT2D eigenvalue weighted by Crippen LogP contribution is 2.32. The summed E-state index contributed by atoms with van der Waals surface area (Å²) in [5.74, 6) is -0.416. The molecular weight excluding hydrogens is 397 g/mol. The number of carbonyl (C=O) groups is 2. The van der Waals surface area contributed by atoms with Gasteiger partial charge in [-0.15, -0.1) is 0 Å². The predicted molar refractivity (Wildman–Crippen MR) is 108 cm³/mol. The molecule has 5 nitrogen and oxygen atoms in total. The molecule has 8 heteroatoms. The van der Waals surface area contributed by atoms with Crippen LogP contribution in [-0.4, -0.2) is 24.9 Å². The highest BCUT2D eigenvalue weighted by Gasteiger charge is 2.10. The maximum Gasteiger partial charge on any atom is 0.251 e. The smallest absolute Gasteiger partial charge is 0.251 e. The number of hydrogen-bond acceptors (Lipinski definition) is 3. The molecule has 0 unspecified atom stereocenters. The normalized spacial score (nSPS) is 10.3. The van der Waals surface area contributed by atoms with Crippen molar-refractivity contribution in [1.82, 2.24) is 5.32 Å². The number of rotatable bonds is 7.